The summed E-state index contributed by atoms with van der Waals surface area (Å²) < 4.78 is 36.4. The fourth-order valence-corrected chi connectivity index (χ4v) is 2.98. The predicted molar refractivity (Wildman–Crippen MR) is 79.2 cm³/mol. The van der Waals surface area contributed by atoms with E-state index in [9.17, 15) is 13.2 Å². The highest BCUT2D eigenvalue weighted by molar-refractivity contribution is 7.92. The molecular formula is C14H12N2O5S. The molecule has 1 aromatic carbocycles. The van der Waals surface area contributed by atoms with Crippen molar-refractivity contribution in [3.63, 3.8) is 0 Å². The number of furan rings is 1. The molecule has 2 N–H and O–H groups in total. The van der Waals surface area contributed by atoms with Gasteiger partial charge in [-0.05, 0) is 36.4 Å². The molecular weight excluding hydrogens is 308 g/mol. The van der Waals surface area contributed by atoms with Crippen molar-refractivity contribution in [2.75, 3.05) is 11.8 Å². The standard InChI is InChI=1S/C14H12N2O5S/c1-20-14(17)12-4-5-13(21-12)22(18,19)16-10-2-3-11-9(8-10)6-7-15-11/h2-8,15-16H,1H3. The van der Waals surface area contributed by atoms with Gasteiger partial charge in [0, 0.05) is 22.8 Å². The number of benzene rings is 1. The lowest BCUT2D eigenvalue weighted by Gasteiger charge is -2.05. The minimum absolute atomic E-state index is 0.177. The smallest absolute Gasteiger partial charge is 0.374 e. The average molecular weight is 320 g/mol. The number of anilines is 1. The summed E-state index contributed by atoms with van der Waals surface area (Å²) in [5, 5.41) is 0.511. The van der Waals surface area contributed by atoms with Crippen molar-refractivity contribution in [3.05, 3.63) is 48.4 Å². The number of methoxy groups -OCH3 is 1. The first-order valence-electron chi connectivity index (χ1n) is 6.28. The van der Waals surface area contributed by atoms with Crippen molar-refractivity contribution >= 4 is 32.6 Å². The zero-order valence-electron chi connectivity index (χ0n) is 11.5. The third-order valence-electron chi connectivity index (χ3n) is 3.04. The monoisotopic (exact) mass is 320 g/mol. The summed E-state index contributed by atoms with van der Waals surface area (Å²) in [6.07, 6.45) is 1.76. The van der Waals surface area contributed by atoms with Gasteiger partial charge >= 0.3 is 5.97 Å². The summed E-state index contributed by atoms with van der Waals surface area (Å²) >= 11 is 0. The van der Waals surface area contributed by atoms with E-state index in [1.54, 1.807) is 24.4 Å². The molecule has 0 bridgehead atoms. The number of aromatic amines is 1. The van der Waals surface area contributed by atoms with Crippen LogP contribution in [0.1, 0.15) is 10.6 Å². The van der Waals surface area contributed by atoms with Crippen LogP contribution in [0.3, 0.4) is 0 Å². The van der Waals surface area contributed by atoms with Gasteiger partial charge < -0.3 is 14.1 Å². The number of esters is 1. The number of hydrogen-bond donors (Lipinski definition) is 2. The molecule has 0 saturated carbocycles. The van der Waals surface area contributed by atoms with E-state index >= 15 is 0 Å². The van der Waals surface area contributed by atoms with Crippen LogP contribution in [0.4, 0.5) is 5.69 Å². The molecule has 0 atom stereocenters. The van der Waals surface area contributed by atoms with Gasteiger partial charge in [0.2, 0.25) is 10.9 Å². The maximum atomic E-state index is 12.2. The Balaban J connectivity index is 1.89. The number of H-pyrrole nitrogens is 1. The summed E-state index contributed by atoms with van der Waals surface area (Å²) in [7, 11) is -2.74. The highest BCUT2D eigenvalue weighted by Gasteiger charge is 2.21. The van der Waals surface area contributed by atoms with Crippen LogP contribution in [-0.4, -0.2) is 26.5 Å². The van der Waals surface area contributed by atoms with E-state index in [-0.39, 0.29) is 10.9 Å². The Kier molecular flexibility index (Phi) is 3.38. The maximum Gasteiger partial charge on any atom is 0.374 e. The second-order valence-corrected chi connectivity index (χ2v) is 6.11. The minimum atomic E-state index is -3.92. The van der Waals surface area contributed by atoms with Crippen LogP contribution in [0.25, 0.3) is 10.9 Å². The lowest BCUT2D eigenvalue weighted by Crippen LogP contribution is -2.12. The van der Waals surface area contributed by atoms with Gasteiger partial charge in [0.25, 0.3) is 10.0 Å². The molecule has 0 spiro atoms. The molecule has 114 valence electrons. The summed E-state index contributed by atoms with van der Waals surface area (Å²) in [6, 6.07) is 9.35. The quantitative estimate of drug-likeness (QED) is 0.719. The van der Waals surface area contributed by atoms with E-state index < -0.39 is 16.0 Å². The Morgan fingerprint density at radius 1 is 1.23 bits per heavy atom. The molecule has 0 fully saturated rings. The number of hydrogen-bond acceptors (Lipinski definition) is 5. The van der Waals surface area contributed by atoms with Gasteiger partial charge in [-0.1, -0.05) is 0 Å². The van der Waals surface area contributed by atoms with E-state index in [0.717, 1.165) is 10.9 Å². The fourth-order valence-electron chi connectivity index (χ4n) is 2.00. The fraction of sp³-hybridized carbons (Fsp3) is 0.0714. The van der Waals surface area contributed by atoms with E-state index in [1.165, 1.54) is 19.2 Å². The van der Waals surface area contributed by atoms with Gasteiger partial charge in [0.1, 0.15) is 0 Å². The normalized spacial score (nSPS) is 11.5. The summed E-state index contributed by atoms with van der Waals surface area (Å²) in [4.78, 5) is 14.3. The van der Waals surface area contributed by atoms with Gasteiger partial charge in [-0.3, -0.25) is 4.72 Å². The number of carbonyl (C=O) groups excluding carboxylic acids is 1. The van der Waals surface area contributed by atoms with Crippen molar-refractivity contribution in [2.24, 2.45) is 0 Å². The van der Waals surface area contributed by atoms with Crippen LogP contribution >= 0.6 is 0 Å². The van der Waals surface area contributed by atoms with Gasteiger partial charge in [0.15, 0.2) is 0 Å². The van der Waals surface area contributed by atoms with Crippen molar-refractivity contribution in [1.29, 1.82) is 0 Å². The molecule has 0 amide bonds. The van der Waals surface area contributed by atoms with E-state index in [4.69, 9.17) is 4.42 Å². The molecule has 0 aliphatic carbocycles. The molecule has 0 aliphatic rings. The lowest BCUT2D eigenvalue weighted by molar-refractivity contribution is 0.0559. The number of ether oxygens (including phenoxy) is 1. The number of rotatable bonds is 4. The third-order valence-corrected chi connectivity index (χ3v) is 4.29. The molecule has 2 heterocycles. The Hall–Kier alpha value is -2.74. The molecule has 2 aromatic heterocycles. The Morgan fingerprint density at radius 3 is 2.82 bits per heavy atom. The molecule has 7 nitrogen and oxygen atoms in total. The minimum Gasteiger partial charge on any atom is -0.463 e. The summed E-state index contributed by atoms with van der Waals surface area (Å²) in [5.41, 5.74) is 1.29. The lowest BCUT2D eigenvalue weighted by atomic mass is 10.2. The molecule has 0 unspecified atom stereocenters. The molecule has 0 saturated heterocycles. The van der Waals surface area contributed by atoms with Crippen molar-refractivity contribution < 1.29 is 22.4 Å². The Labute approximate surface area is 125 Å². The molecule has 0 aliphatic heterocycles. The van der Waals surface area contributed by atoms with E-state index in [0.29, 0.717) is 5.69 Å². The zero-order valence-corrected chi connectivity index (χ0v) is 12.3. The highest BCUT2D eigenvalue weighted by Crippen LogP contribution is 2.22. The van der Waals surface area contributed by atoms with Crippen LogP contribution in [-0.2, 0) is 14.8 Å². The van der Waals surface area contributed by atoms with Crippen LogP contribution in [0.2, 0.25) is 0 Å². The van der Waals surface area contributed by atoms with Gasteiger partial charge in [-0.2, -0.15) is 8.42 Å². The van der Waals surface area contributed by atoms with Crippen molar-refractivity contribution in [3.8, 4) is 0 Å². The first kappa shape index (κ1) is 14.2. The second-order valence-electron chi connectivity index (χ2n) is 4.50. The largest absolute Gasteiger partial charge is 0.463 e. The average Bonchev–Trinajstić information content (AvgIpc) is 3.14. The molecule has 3 rings (SSSR count). The number of nitrogens with one attached hydrogen (secondary N) is 2. The van der Waals surface area contributed by atoms with Crippen LogP contribution in [0.5, 0.6) is 0 Å². The SMILES string of the molecule is COC(=O)c1ccc(S(=O)(=O)Nc2ccc3[nH]ccc3c2)o1. The highest BCUT2D eigenvalue weighted by atomic mass is 32.2. The second kappa shape index (κ2) is 5.23. The molecule has 22 heavy (non-hydrogen) atoms. The van der Waals surface area contributed by atoms with Crippen LogP contribution < -0.4 is 4.72 Å². The first-order chi connectivity index (χ1) is 10.5. The number of aromatic nitrogens is 1. The Bertz CT molecular complexity index is 939. The van der Waals surface area contributed by atoms with E-state index in [1.807, 2.05) is 6.07 Å². The Morgan fingerprint density at radius 2 is 2.05 bits per heavy atom. The first-order valence-corrected chi connectivity index (χ1v) is 7.76. The maximum absolute atomic E-state index is 12.2. The molecule has 3 aromatic rings. The van der Waals surface area contributed by atoms with Gasteiger partial charge in [0.05, 0.1) is 7.11 Å². The summed E-state index contributed by atoms with van der Waals surface area (Å²) in [5.74, 6) is -0.917. The number of sulfonamides is 1. The number of carbonyl (C=O) groups is 1. The third kappa shape index (κ3) is 2.56. The van der Waals surface area contributed by atoms with E-state index in [2.05, 4.69) is 14.4 Å². The summed E-state index contributed by atoms with van der Waals surface area (Å²) in [6.45, 7) is 0. The number of fused-ring (bicyclic) bond motifs is 1. The predicted octanol–water partition coefficient (Wildman–Crippen LogP) is 2.35. The van der Waals surface area contributed by atoms with Gasteiger partial charge in [-0.25, -0.2) is 4.79 Å². The van der Waals surface area contributed by atoms with Crippen LogP contribution in [0.15, 0.2) is 52.1 Å². The molecule has 0 radical (unpaired) electrons. The van der Waals surface area contributed by atoms with Gasteiger partial charge in [-0.15, -0.1) is 0 Å². The topological polar surface area (TPSA) is 101 Å². The van der Waals surface area contributed by atoms with Crippen molar-refractivity contribution in [1.82, 2.24) is 4.98 Å². The van der Waals surface area contributed by atoms with Crippen LogP contribution in [0, 0.1) is 0 Å². The zero-order chi connectivity index (χ0) is 15.7. The molecule has 8 heteroatoms. The van der Waals surface area contributed by atoms with Crippen molar-refractivity contribution in [2.45, 2.75) is 5.09 Å².